The molecule has 0 saturated carbocycles. The van der Waals surface area contributed by atoms with E-state index in [4.69, 9.17) is 33.5 Å². The van der Waals surface area contributed by atoms with Gasteiger partial charge in [0.2, 0.25) is 0 Å². The van der Waals surface area contributed by atoms with E-state index in [1.54, 1.807) is 4.90 Å². The first kappa shape index (κ1) is 29.4. The summed E-state index contributed by atoms with van der Waals surface area (Å²) in [6, 6.07) is 29.0. The van der Waals surface area contributed by atoms with E-state index >= 15 is 0 Å². The second-order valence-corrected chi connectivity index (χ2v) is 11.1. The molecule has 0 aliphatic heterocycles. The van der Waals surface area contributed by atoms with E-state index in [9.17, 15) is 4.79 Å². The van der Waals surface area contributed by atoms with Crippen LogP contribution in [0.15, 0.2) is 95.9 Å². The number of amides is 1. The predicted octanol–water partition coefficient (Wildman–Crippen LogP) is 5.70. The number of carbonyl (C=O) groups is 1. The molecular weight excluding hydrogens is 564 g/mol. The molecule has 0 spiro atoms. The van der Waals surface area contributed by atoms with Gasteiger partial charge in [0.25, 0.3) is 5.91 Å². The molecule has 0 fully saturated rings. The van der Waals surface area contributed by atoms with Crippen molar-refractivity contribution in [3.05, 3.63) is 130 Å². The second kappa shape index (κ2) is 13.2. The molecule has 0 bridgehead atoms. The van der Waals surface area contributed by atoms with Crippen LogP contribution in [0.4, 0.5) is 0 Å². The Hall–Kier alpha value is -4.11. The van der Waals surface area contributed by atoms with Crippen molar-refractivity contribution in [1.29, 1.82) is 5.41 Å². The number of carbonyl (C=O) groups excluding carboxylic acids is 1. The number of aryl methyl sites for hydroxylation is 2. The predicted molar refractivity (Wildman–Crippen MR) is 173 cm³/mol. The first-order chi connectivity index (χ1) is 20.3. The van der Waals surface area contributed by atoms with Crippen LogP contribution in [0.2, 0.25) is 5.02 Å². The molecule has 7 nitrogen and oxygen atoms in total. The Morgan fingerprint density at radius 3 is 2.31 bits per heavy atom. The molecule has 214 valence electrons. The third kappa shape index (κ3) is 6.85. The van der Waals surface area contributed by atoms with Gasteiger partial charge in [0.05, 0.1) is 17.6 Å². The summed E-state index contributed by atoms with van der Waals surface area (Å²) in [5.74, 6) is 0.874. The topological polar surface area (TPSA) is 114 Å². The Kier molecular flexibility index (Phi) is 9.27. The summed E-state index contributed by atoms with van der Waals surface area (Å²) < 4.78 is 2.20. The number of benzene rings is 4. The number of nitrogen functional groups attached to an aromatic ring is 1. The van der Waals surface area contributed by atoms with Gasteiger partial charge < -0.3 is 20.9 Å². The lowest BCUT2D eigenvalue weighted by Crippen LogP contribution is -2.34. The number of halogens is 1. The fourth-order valence-corrected chi connectivity index (χ4v) is 5.36. The van der Waals surface area contributed by atoms with Gasteiger partial charge in [0.15, 0.2) is 0 Å². The van der Waals surface area contributed by atoms with Crippen LogP contribution in [0, 0.1) is 5.41 Å². The average Bonchev–Trinajstić information content (AvgIpc) is 3.34. The van der Waals surface area contributed by atoms with Crippen molar-refractivity contribution in [2.45, 2.75) is 30.8 Å². The number of nitrogens with zero attached hydrogens (tertiary/aromatic N) is 3. The van der Waals surface area contributed by atoms with Gasteiger partial charge in [0, 0.05) is 47.1 Å². The summed E-state index contributed by atoms with van der Waals surface area (Å²) >= 11 is 10.7. The quantitative estimate of drug-likeness (QED) is 0.0890. The van der Waals surface area contributed by atoms with Crippen LogP contribution < -0.4 is 11.5 Å². The highest BCUT2D eigenvalue weighted by Crippen LogP contribution is 2.24. The molecule has 1 aromatic heterocycles. The Morgan fingerprint density at radius 2 is 1.62 bits per heavy atom. The van der Waals surface area contributed by atoms with Crippen LogP contribution in [-0.2, 0) is 25.9 Å². The summed E-state index contributed by atoms with van der Waals surface area (Å²) in [4.78, 5) is 21.3. The lowest BCUT2D eigenvalue weighted by molar-refractivity contribution is 0.0748. The van der Waals surface area contributed by atoms with E-state index < -0.39 is 0 Å². The number of imidazole rings is 1. The van der Waals surface area contributed by atoms with Gasteiger partial charge in [-0.15, -0.1) is 12.6 Å². The molecule has 0 aliphatic carbocycles. The molecule has 0 saturated heterocycles. The number of hydrogen-bond donors (Lipinski definition) is 4. The monoisotopic (exact) mass is 596 g/mol. The molecule has 4 aromatic carbocycles. The van der Waals surface area contributed by atoms with Crippen molar-refractivity contribution in [2.24, 2.45) is 11.5 Å². The smallest absolute Gasteiger partial charge is 0.254 e. The van der Waals surface area contributed by atoms with Crippen molar-refractivity contribution < 1.29 is 4.79 Å². The summed E-state index contributed by atoms with van der Waals surface area (Å²) in [6.07, 6.45) is 1.46. The summed E-state index contributed by atoms with van der Waals surface area (Å²) in [6.45, 7) is 1.83. The fourth-order valence-electron chi connectivity index (χ4n) is 5.00. The number of nitrogens with two attached hydrogens (primary N) is 2. The van der Waals surface area contributed by atoms with Crippen molar-refractivity contribution >= 4 is 47.0 Å². The van der Waals surface area contributed by atoms with Gasteiger partial charge in [0.1, 0.15) is 11.7 Å². The molecular formula is C33H33ClN6OS. The van der Waals surface area contributed by atoms with Gasteiger partial charge in [-0.05, 0) is 59.5 Å². The first-order valence-corrected chi connectivity index (χ1v) is 14.6. The maximum atomic E-state index is 13.6. The average molecular weight is 597 g/mol. The Labute approximate surface area is 256 Å². The highest BCUT2D eigenvalue weighted by Gasteiger charge is 2.19. The lowest BCUT2D eigenvalue weighted by Gasteiger charge is -2.22. The van der Waals surface area contributed by atoms with E-state index in [1.807, 2.05) is 84.9 Å². The number of thiol groups is 1. The number of nitrogens with one attached hydrogen (secondary N) is 1. The van der Waals surface area contributed by atoms with Gasteiger partial charge in [-0.1, -0.05) is 66.2 Å². The highest BCUT2D eigenvalue weighted by atomic mass is 35.5. The van der Waals surface area contributed by atoms with Gasteiger partial charge in [-0.2, -0.15) is 0 Å². The largest absolute Gasteiger partial charge is 0.384 e. The molecule has 0 atom stereocenters. The summed E-state index contributed by atoms with van der Waals surface area (Å²) in [7, 11) is 0. The van der Waals surface area contributed by atoms with Crippen LogP contribution in [0.25, 0.3) is 11.0 Å². The summed E-state index contributed by atoms with van der Waals surface area (Å²) in [5, 5.41) is 8.29. The summed E-state index contributed by atoms with van der Waals surface area (Å²) in [5.41, 5.74) is 17.7. The Balaban J connectivity index is 1.46. The molecule has 0 aliphatic rings. The Morgan fingerprint density at radius 1 is 0.929 bits per heavy atom. The molecule has 5 aromatic rings. The zero-order valence-electron chi connectivity index (χ0n) is 23.1. The van der Waals surface area contributed by atoms with Crippen molar-refractivity contribution in [3.8, 4) is 0 Å². The minimum atomic E-state index is -0.0975. The number of fused-ring (bicyclic) bond motifs is 1. The molecule has 5 N–H and O–H groups in total. The minimum absolute atomic E-state index is 0.0531. The van der Waals surface area contributed by atoms with Crippen molar-refractivity contribution in [2.75, 3.05) is 13.1 Å². The van der Waals surface area contributed by atoms with Gasteiger partial charge in [-0.25, -0.2) is 4.98 Å². The molecule has 42 heavy (non-hydrogen) atoms. The van der Waals surface area contributed by atoms with E-state index in [2.05, 4.69) is 23.3 Å². The molecule has 5 rings (SSSR count). The van der Waals surface area contributed by atoms with E-state index in [0.29, 0.717) is 48.7 Å². The standard InChI is InChI=1S/C33H33ClN6OS/c34-27-13-7-23(8-14-27)20-39(18-17-35)33(41)25-12-15-29-28(19-25)38-31(40(29)21-26-3-1-2-4-30(26)42)16-9-22-5-10-24(11-6-22)32(36)37/h1-8,10-15,19,42H,9,16-18,20-21,35H2,(H3,36,37). The number of amidine groups is 1. The minimum Gasteiger partial charge on any atom is -0.384 e. The SMILES string of the molecule is N=C(N)c1ccc(CCc2nc3cc(C(=O)N(CCN)Cc4ccc(Cl)cc4)ccc3n2Cc2ccccc2S)cc1. The van der Waals surface area contributed by atoms with Gasteiger partial charge >= 0.3 is 0 Å². The van der Waals surface area contributed by atoms with E-state index in [0.717, 1.165) is 44.9 Å². The van der Waals surface area contributed by atoms with Crippen molar-refractivity contribution in [1.82, 2.24) is 14.5 Å². The van der Waals surface area contributed by atoms with Crippen LogP contribution in [0.5, 0.6) is 0 Å². The molecule has 9 heteroatoms. The van der Waals surface area contributed by atoms with Crippen LogP contribution in [0.1, 0.15) is 38.4 Å². The number of aromatic nitrogens is 2. The maximum Gasteiger partial charge on any atom is 0.254 e. The first-order valence-electron chi connectivity index (χ1n) is 13.8. The second-order valence-electron chi connectivity index (χ2n) is 10.2. The fraction of sp³-hybridized carbons (Fsp3) is 0.182. The third-order valence-electron chi connectivity index (χ3n) is 7.27. The molecule has 1 amide bonds. The van der Waals surface area contributed by atoms with E-state index in [-0.39, 0.29) is 11.7 Å². The van der Waals surface area contributed by atoms with Gasteiger partial charge in [-0.3, -0.25) is 10.2 Å². The van der Waals surface area contributed by atoms with E-state index in [1.165, 1.54) is 0 Å². The lowest BCUT2D eigenvalue weighted by atomic mass is 10.1. The third-order valence-corrected chi connectivity index (χ3v) is 7.96. The highest BCUT2D eigenvalue weighted by molar-refractivity contribution is 7.80. The van der Waals surface area contributed by atoms with Crippen LogP contribution in [-0.4, -0.2) is 39.3 Å². The number of hydrogen-bond acceptors (Lipinski definition) is 5. The normalized spacial score (nSPS) is 11.1. The zero-order valence-corrected chi connectivity index (χ0v) is 24.8. The van der Waals surface area contributed by atoms with Crippen molar-refractivity contribution in [3.63, 3.8) is 0 Å². The number of rotatable bonds is 11. The Bertz CT molecular complexity index is 1720. The zero-order chi connectivity index (χ0) is 29.6. The molecule has 0 unspecified atom stereocenters. The maximum absolute atomic E-state index is 13.6. The molecule has 1 heterocycles. The van der Waals surface area contributed by atoms with Crippen LogP contribution in [0.3, 0.4) is 0 Å². The molecule has 0 radical (unpaired) electrons. The van der Waals surface area contributed by atoms with Crippen LogP contribution >= 0.6 is 24.2 Å².